The Hall–Kier alpha value is -0.513. The van der Waals surface area contributed by atoms with Crippen LogP contribution in [0.3, 0.4) is 0 Å². The molecule has 0 aromatic heterocycles. The van der Waals surface area contributed by atoms with Gasteiger partial charge >= 0.3 is 6.16 Å². The van der Waals surface area contributed by atoms with Gasteiger partial charge in [0.25, 0.3) is 8.32 Å². The lowest BCUT2D eigenvalue weighted by atomic mass is 10.1. The fourth-order valence-electron chi connectivity index (χ4n) is 2.67. The Balaban J connectivity index is 3.40. The minimum Gasteiger partial charge on any atom is -0.489 e. The van der Waals surface area contributed by atoms with E-state index in [2.05, 4.69) is 6.92 Å². The van der Waals surface area contributed by atoms with Crippen molar-refractivity contribution in [3.05, 3.63) is 0 Å². The van der Waals surface area contributed by atoms with Gasteiger partial charge in [0.2, 0.25) is 0 Å². The van der Waals surface area contributed by atoms with Crippen molar-refractivity contribution in [2.75, 3.05) is 0 Å². The van der Waals surface area contributed by atoms with E-state index in [1.54, 1.807) is 0 Å². The Morgan fingerprint density at radius 3 is 1.67 bits per heavy atom. The summed E-state index contributed by atoms with van der Waals surface area (Å²) in [5.74, 6) is 0. The normalized spacial score (nSPS) is 13.9. The zero-order valence-electron chi connectivity index (χ0n) is 14.5. The van der Waals surface area contributed by atoms with Crippen LogP contribution in [0, 0.1) is 0 Å². The number of unbranched alkanes of at least 4 members (excludes halogenated alkanes) is 10. The van der Waals surface area contributed by atoms with E-state index >= 15 is 0 Å². The van der Waals surface area contributed by atoms with Gasteiger partial charge in [0.15, 0.2) is 0 Å². The Bertz CT molecular complexity index is 258. The molecule has 0 bridgehead atoms. The molecule has 3 nitrogen and oxygen atoms in total. The van der Waals surface area contributed by atoms with E-state index in [1.165, 1.54) is 64.2 Å². The minimum absolute atomic E-state index is 0.886. The minimum atomic E-state index is -1.98. The zero-order chi connectivity index (χ0) is 16.0. The fraction of sp³-hybridized carbons (Fsp3) is 0.941. The Kier molecular flexibility index (Phi) is 12.8. The van der Waals surface area contributed by atoms with Crippen molar-refractivity contribution in [3.8, 4) is 0 Å². The third-order valence-corrected chi connectivity index (χ3v) is 7.97. The summed E-state index contributed by atoms with van der Waals surface area (Å²) in [6.07, 6.45) is 13.5. The van der Waals surface area contributed by atoms with Gasteiger partial charge in [0, 0.05) is 0 Å². The molecule has 0 aromatic rings. The van der Waals surface area contributed by atoms with Gasteiger partial charge in [-0.1, -0.05) is 84.5 Å². The van der Waals surface area contributed by atoms with Gasteiger partial charge in [-0.3, -0.25) is 0 Å². The average Bonchev–Trinajstić information content (AvgIpc) is 2.44. The predicted octanol–water partition coefficient (Wildman–Crippen LogP) is 6.59. The summed E-state index contributed by atoms with van der Waals surface area (Å²) < 4.78 is 5.13. The van der Waals surface area contributed by atoms with Crippen molar-refractivity contribution in [2.24, 2.45) is 0 Å². The van der Waals surface area contributed by atoms with Crippen molar-refractivity contribution < 1.29 is 14.3 Å². The molecule has 0 spiro atoms. The average molecular weight is 317 g/mol. The summed E-state index contributed by atoms with van der Waals surface area (Å²) in [5, 5.41) is 8.77. The number of carboxylic acid groups (broad SMARTS) is 1. The Labute approximate surface area is 132 Å². The van der Waals surface area contributed by atoms with Crippen molar-refractivity contribution in [1.29, 1.82) is 0 Å². The van der Waals surface area contributed by atoms with E-state index < -0.39 is 14.5 Å². The first-order chi connectivity index (χ1) is 10.0. The summed E-state index contributed by atoms with van der Waals surface area (Å²) in [7, 11) is -1.98. The first kappa shape index (κ1) is 20.5. The molecule has 1 unspecified atom stereocenters. The summed E-state index contributed by atoms with van der Waals surface area (Å²) in [4.78, 5) is 10.7. The topological polar surface area (TPSA) is 46.5 Å². The molecule has 0 amide bonds. The van der Waals surface area contributed by atoms with E-state index in [9.17, 15) is 4.79 Å². The Morgan fingerprint density at radius 2 is 1.29 bits per heavy atom. The molecule has 0 saturated carbocycles. The maximum atomic E-state index is 10.7. The summed E-state index contributed by atoms with van der Waals surface area (Å²) >= 11 is 0. The highest BCUT2D eigenvalue weighted by Gasteiger charge is 2.30. The van der Waals surface area contributed by atoms with Crippen LogP contribution < -0.4 is 0 Å². The zero-order valence-corrected chi connectivity index (χ0v) is 15.5. The summed E-state index contributed by atoms with van der Waals surface area (Å²) in [6.45, 7) is 6.35. The largest absolute Gasteiger partial charge is 0.491 e. The highest BCUT2D eigenvalue weighted by Crippen LogP contribution is 2.21. The molecule has 0 aliphatic rings. The molecule has 1 N–H and O–H groups in total. The van der Waals surface area contributed by atoms with Crippen LogP contribution in [0.5, 0.6) is 0 Å². The van der Waals surface area contributed by atoms with Crippen LogP contribution in [0.2, 0.25) is 18.6 Å². The maximum Gasteiger partial charge on any atom is 0.491 e. The third-order valence-electron chi connectivity index (χ3n) is 4.39. The van der Waals surface area contributed by atoms with Crippen LogP contribution in [0.1, 0.15) is 84.5 Å². The molecule has 0 rings (SSSR count). The van der Waals surface area contributed by atoms with Crippen LogP contribution in [-0.4, -0.2) is 19.6 Å². The van der Waals surface area contributed by atoms with E-state index in [0.29, 0.717) is 0 Å². The van der Waals surface area contributed by atoms with Gasteiger partial charge in [-0.25, -0.2) is 4.79 Å². The van der Waals surface area contributed by atoms with Crippen LogP contribution in [0.25, 0.3) is 0 Å². The molecular formula is C17H36O3Si. The molecule has 0 aromatic carbocycles. The lowest BCUT2D eigenvalue weighted by Gasteiger charge is -2.23. The van der Waals surface area contributed by atoms with Crippen LogP contribution in [0.15, 0.2) is 0 Å². The molecular weight excluding hydrogens is 280 g/mol. The van der Waals surface area contributed by atoms with Gasteiger partial charge in [-0.2, -0.15) is 0 Å². The van der Waals surface area contributed by atoms with E-state index in [4.69, 9.17) is 9.53 Å². The molecule has 126 valence electrons. The Morgan fingerprint density at radius 1 is 0.857 bits per heavy atom. The monoisotopic (exact) mass is 316 g/mol. The van der Waals surface area contributed by atoms with Crippen molar-refractivity contribution >= 4 is 14.5 Å². The second kappa shape index (κ2) is 13.2. The molecule has 21 heavy (non-hydrogen) atoms. The summed E-state index contributed by atoms with van der Waals surface area (Å²) in [6, 6.07) is 1.86. The standard InChI is InChI=1S/C17H36O3Si/c1-4-6-7-8-9-10-11-12-13-14-15-16-21(3,5-2)20-17(18)19/h4-16H2,1-3H3,(H,18,19). The maximum absolute atomic E-state index is 10.7. The molecule has 0 aliphatic heterocycles. The van der Waals surface area contributed by atoms with E-state index in [-0.39, 0.29) is 0 Å². The van der Waals surface area contributed by atoms with Crippen LogP contribution >= 0.6 is 0 Å². The summed E-state index contributed by atoms with van der Waals surface area (Å²) in [5.41, 5.74) is 0. The second-order valence-electron chi connectivity index (χ2n) is 6.46. The molecule has 0 radical (unpaired) electrons. The molecule has 0 aliphatic carbocycles. The van der Waals surface area contributed by atoms with Gasteiger partial charge in [-0.15, -0.1) is 0 Å². The number of carbonyl (C=O) groups is 1. The van der Waals surface area contributed by atoms with Crippen molar-refractivity contribution in [3.63, 3.8) is 0 Å². The lowest BCUT2D eigenvalue weighted by Crippen LogP contribution is -2.35. The van der Waals surface area contributed by atoms with E-state index in [1.807, 2.05) is 13.5 Å². The molecule has 1 atom stereocenters. The third kappa shape index (κ3) is 12.9. The highest BCUT2D eigenvalue weighted by atomic mass is 28.4. The first-order valence-corrected chi connectivity index (χ1v) is 11.8. The van der Waals surface area contributed by atoms with Gasteiger partial charge in [0.1, 0.15) is 0 Å². The molecule has 0 saturated heterocycles. The number of hydrogen-bond acceptors (Lipinski definition) is 2. The van der Waals surface area contributed by atoms with Crippen LogP contribution in [-0.2, 0) is 4.43 Å². The fourth-order valence-corrected chi connectivity index (χ4v) is 4.69. The molecule has 0 heterocycles. The van der Waals surface area contributed by atoms with Crippen LogP contribution in [0.4, 0.5) is 4.79 Å². The van der Waals surface area contributed by atoms with E-state index in [0.717, 1.165) is 18.5 Å². The molecule has 0 fully saturated rings. The first-order valence-electron chi connectivity index (χ1n) is 8.96. The SMILES string of the molecule is CCCCCCCCCCCCC[Si](C)(CC)OC(=O)O. The quantitative estimate of drug-likeness (QED) is 0.290. The van der Waals surface area contributed by atoms with Gasteiger partial charge in [0.05, 0.1) is 0 Å². The smallest absolute Gasteiger partial charge is 0.489 e. The number of rotatable bonds is 14. The van der Waals surface area contributed by atoms with Gasteiger partial charge < -0.3 is 9.53 Å². The predicted molar refractivity (Wildman–Crippen MR) is 92.5 cm³/mol. The van der Waals surface area contributed by atoms with Gasteiger partial charge in [-0.05, 0) is 18.6 Å². The number of hydrogen-bond donors (Lipinski definition) is 1. The highest BCUT2D eigenvalue weighted by molar-refractivity contribution is 6.73. The van der Waals surface area contributed by atoms with Crippen molar-refractivity contribution in [2.45, 2.75) is 103 Å². The van der Waals surface area contributed by atoms with Crippen molar-refractivity contribution in [1.82, 2.24) is 0 Å². The second-order valence-corrected chi connectivity index (χ2v) is 10.8. The lowest BCUT2D eigenvalue weighted by molar-refractivity contribution is 0.141. The molecule has 4 heteroatoms.